The van der Waals surface area contributed by atoms with Crippen LogP contribution in [0.4, 0.5) is 4.39 Å². The molecule has 0 radical (unpaired) electrons. The van der Waals surface area contributed by atoms with Gasteiger partial charge in [0.05, 0.1) is 19.5 Å². The first kappa shape index (κ1) is 24.7. The summed E-state index contributed by atoms with van der Waals surface area (Å²) in [7, 11) is 0. The number of benzene rings is 1. The molecule has 3 aliphatic carbocycles. The Morgan fingerprint density at radius 1 is 1.09 bits per heavy atom. The van der Waals surface area contributed by atoms with Crippen molar-refractivity contribution in [3.05, 3.63) is 41.7 Å². The van der Waals surface area contributed by atoms with Crippen molar-refractivity contribution in [1.82, 2.24) is 10.2 Å². The summed E-state index contributed by atoms with van der Waals surface area (Å²) in [6.07, 6.45) is 6.40. The van der Waals surface area contributed by atoms with Gasteiger partial charge in [0.15, 0.2) is 0 Å². The van der Waals surface area contributed by atoms with E-state index in [4.69, 9.17) is 15.2 Å². The minimum absolute atomic E-state index is 0.0831. The summed E-state index contributed by atoms with van der Waals surface area (Å²) >= 11 is 0. The Kier molecular flexibility index (Phi) is 7.88. The van der Waals surface area contributed by atoms with Gasteiger partial charge in [-0.25, -0.2) is 4.39 Å². The molecule has 0 atom stereocenters. The molecule has 8 heteroatoms. The van der Waals surface area contributed by atoms with Crippen molar-refractivity contribution in [3.63, 3.8) is 0 Å². The number of nitrogens with one attached hydrogen (secondary N) is 1. The van der Waals surface area contributed by atoms with E-state index in [1.54, 1.807) is 0 Å². The van der Waals surface area contributed by atoms with Gasteiger partial charge in [-0.1, -0.05) is 12.1 Å². The van der Waals surface area contributed by atoms with E-state index in [1.807, 2.05) is 17.0 Å². The number of carbonyl (C=O) groups is 2. The lowest BCUT2D eigenvalue weighted by atomic mass is 9.51. The van der Waals surface area contributed by atoms with Crippen molar-refractivity contribution in [2.24, 2.45) is 11.1 Å². The van der Waals surface area contributed by atoms with Crippen molar-refractivity contribution in [2.45, 2.75) is 50.4 Å². The first-order chi connectivity index (χ1) is 16.5. The largest absolute Gasteiger partial charge is 0.489 e. The normalized spacial score (nSPS) is 26.9. The first-order valence-corrected chi connectivity index (χ1v) is 12.4. The lowest BCUT2D eigenvalue weighted by Gasteiger charge is -2.52. The Morgan fingerprint density at radius 2 is 1.74 bits per heavy atom. The van der Waals surface area contributed by atoms with E-state index < -0.39 is 0 Å². The first-order valence-electron chi connectivity index (χ1n) is 12.4. The van der Waals surface area contributed by atoms with Gasteiger partial charge in [-0.15, -0.1) is 0 Å². The van der Waals surface area contributed by atoms with Crippen LogP contribution in [0.25, 0.3) is 0 Å². The van der Waals surface area contributed by atoms with Crippen molar-refractivity contribution in [3.8, 4) is 5.75 Å². The van der Waals surface area contributed by atoms with E-state index in [2.05, 4.69) is 17.4 Å². The van der Waals surface area contributed by atoms with Crippen LogP contribution in [-0.2, 0) is 19.7 Å². The molecule has 4 aliphatic rings. The molecule has 34 heavy (non-hydrogen) atoms. The van der Waals surface area contributed by atoms with E-state index in [-0.39, 0.29) is 35.8 Å². The highest BCUT2D eigenvalue weighted by Crippen LogP contribution is 2.57. The minimum atomic E-state index is -0.301. The van der Waals surface area contributed by atoms with Crippen LogP contribution in [0.2, 0.25) is 0 Å². The molecule has 3 N–H and O–H groups in total. The summed E-state index contributed by atoms with van der Waals surface area (Å²) in [5.74, 6) is 0.885. The Labute approximate surface area is 200 Å². The topological polar surface area (TPSA) is 93.9 Å². The summed E-state index contributed by atoms with van der Waals surface area (Å²) in [5.41, 5.74) is 6.98. The van der Waals surface area contributed by atoms with Crippen LogP contribution in [0.3, 0.4) is 0 Å². The Hall–Kier alpha value is -2.45. The predicted molar refractivity (Wildman–Crippen MR) is 127 cm³/mol. The van der Waals surface area contributed by atoms with E-state index in [0.29, 0.717) is 56.9 Å². The second-order valence-electron chi connectivity index (χ2n) is 9.84. The summed E-state index contributed by atoms with van der Waals surface area (Å²) in [6, 6.07) is 8.08. The molecule has 4 fully saturated rings. The molecule has 1 aliphatic heterocycles. The van der Waals surface area contributed by atoms with Gasteiger partial charge in [-0.05, 0) is 61.6 Å². The number of carbonyl (C=O) groups excluding carboxylic acids is 2. The van der Waals surface area contributed by atoms with E-state index in [0.717, 1.165) is 38.5 Å². The number of nitrogens with zero attached hydrogens (tertiary/aromatic N) is 1. The summed E-state index contributed by atoms with van der Waals surface area (Å²) in [4.78, 5) is 27.2. The molecular formula is C26H36FN3O4. The Bertz CT molecular complexity index is 871. The number of hydrogen-bond acceptors (Lipinski definition) is 5. The van der Waals surface area contributed by atoms with Gasteiger partial charge < -0.3 is 25.4 Å². The molecule has 3 saturated carbocycles. The maximum absolute atomic E-state index is 13.1. The van der Waals surface area contributed by atoms with Gasteiger partial charge in [-0.3, -0.25) is 9.59 Å². The van der Waals surface area contributed by atoms with Crippen molar-refractivity contribution >= 4 is 11.8 Å². The van der Waals surface area contributed by atoms with E-state index in [9.17, 15) is 14.0 Å². The van der Waals surface area contributed by atoms with Crippen LogP contribution in [-0.4, -0.2) is 62.7 Å². The Balaban J connectivity index is 1.27. The third kappa shape index (κ3) is 5.28. The zero-order chi connectivity index (χ0) is 24.0. The molecule has 7 nitrogen and oxygen atoms in total. The van der Waals surface area contributed by atoms with Gasteiger partial charge >= 0.3 is 0 Å². The monoisotopic (exact) mass is 473 g/mol. The number of morpholine rings is 1. The number of hydrogen-bond donors (Lipinski definition) is 2. The van der Waals surface area contributed by atoms with Crippen LogP contribution < -0.4 is 15.8 Å². The highest BCUT2D eigenvalue weighted by atomic mass is 19.1. The SMILES string of the molecule is NCC(=CF)COc1ccc(C23CCC(C(=O)NCCC(=O)N4CCOCC4)(CC2)CC3)cc1. The zero-order valence-electron chi connectivity index (χ0n) is 19.8. The van der Waals surface area contributed by atoms with E-state index >= 15 is 0 Å². The highest BCUT2D eigenvalue weighted by molar-refractivity contribution is 5.84. The minimum Gasteiger partial charge on any atom is -0.489 e. The van der Waals surface area contributed by atoms with Gasteiger partial charge in [0.25, 0.3) is 0 Å². The number of amides is 2. The molecule has 2 bridgehead atoms. The standard InChI is InChI=1S/C26H36FN3O4/c27-17-20(18-28)19-34-22-3-1-21(2-4-22)25-6-9-26(10-7-25,11-8-25)24(32)29-12-5-23(31)30-13-15-33-16-14-30/h1-4,17H,5-16,18-19,28H2,(H,29,32). The molecule has 0 aromatic heterocycles. The van der Waals surface area contributed by atoms with Crippen LogP contribution in [0.5, 0.6) is 5.75 Å². The van der Waals surface area contributed by atoms with Crippen molar-refractivity contribution in [1.29, 1.82) is 0 Å². The van der Waals surface area contributed by atoms with Gasteiger partial charge in [0.2, 0.25) is 11.8 Å². The fourth-order valence-corrected chi connectivity index (χ4v) is 5.62. The third-order valence-corrected chi connectivity index (χ3v) is 8.02. The van der Waals surface area contributed by atoms with Crippen LogP contribution in [0, 0.1) is 5.41 Å². The number of rotatable bonds is 9. The molecule has 1 saturated heterocycles. The lowest BCUT2D eigenvalue weighted by molar-refractivity contribution is -0.138. The summed E-state index contributed by atoms with van der Waals surface area (Å²) in [5, 5.41) is 3.06. The molecule has 0 unspecified atom stereocenters. The molecule has 1 aromatic rings. The van der Waals surface area contributed by atoms with E-state index in [1.165, 1.54) is 5.56 Å². The average molecular weight is 474 g/mol. The molecular weight excluding hydrogens is 437 g/mol. The maximum atomic E-state index is 13.1. The highest BCUT2D eigenvalue weighted by Gasteiger charge is 2.52. The average Bonchev–Trinajstić information content (AvgIpc) is 2.91. The number of fused-ring (bicyclic) bond motifs is 3. The Morgan fingerprint density at radius 3 is 2.32 bits per heavy atom. The predicted octanol–water partition coefficient (Wildman–Crippen LogP) is 2.83. The number of nitrogens with two attached hydrogens (primary N) is 1. The molecule has 0 spiro atoms. The van der Waals surface area contributed by atoms with Gasteiger partial charge in [-0.2, -0.15) is 0 Å². The summed E-state index contributed by atoms with van der Waals surface area (Å²) in [6.45, 7) is 3.12. The zero-order valence-corrected chi connectivity index (χ0v) is 19.8. The lowest BCUT2D eigenvalue weighted by Crippen LogP contribution is -2.52. The fourth-order valence-electron chi connectivity index (χ4n) is 5.62. The number of ether oxygens (including phenoxy) is 2. The third-order valence-electron chi connectivity index (χ3n) is 8.02. The quantitative estimate of drug-likeness (QED) is 0.575. The maximum Gasteiger partial charge on any atom is 0.226 e. The molecule has 5 rings (SSSR count). The van der Waals surface area contributed by atoms with Crippen molar-refractivity contribution in [2.75, 3.05) is 46.0 Å². The molecule has 2 amide bonds. The second kappa shape index (κ2) is 10.9. The van der Waals surface area contributed by atoms with Crippen LogP contribution in [0.1, 0.15) is 50.5 Å². The molecule has 186 valence electrons. The van der Waals surface area contributed by atoms with Gasteiger partial charge in [0, 0.05) is 43.6 Å². The van der Waals surface area contributed by atoms with Gasteiger partial charge in [0.1, 0.15) is 12.4 Å². The molecule has 1 heterocycles. The van der Waals surface area contributed by atoms with Crippen LogP contribution >= 0.6 is 0 Å². The van der Waals surface area contributed by atoms with Crippen molar-refractivity contribution < 1.29 is 23.5 Å². The molecule has 1 aromatic carbocycles. The smallest absolute Gasteiger partial charge is 0.226 e. The fraction of sp³-hybridized carbons (Fsp3) is 0.615. The number of halogens is 1. The summed E-state index contributed by atoms with van der Waals surface area (Å²) < 4.78 is 23.6. The van der Waals surface area contributed by atoms with Crippen LogP contribution in [0.15, 0.2) is 36.2 Å². The second-order valence-corrected chi connectivity index (χ2v) is 9.84.